The summed E-state index contributed by atoms with van der Waals surface area (Å²) in [5, 5.41) is 15.3. The van der Waals surface area contributed by atoms with Gasteiger partial charge in [0.05, 0.1) is 10.6 Å². The van der Waals surface area contributed by atoms with E-state index in [2.05, 4.69) is 5.10 Å². The molecule has 1 fully saturated rings. The van der Waals surface area contributed by atoms with E-state index >= 15 is 0 Å². The highest BCUT2D eigenvalue weighted by Crippen LogP contribution is 2.35. The number of benzene rings is 2. The first-order valence-corrected chi connectivity index (χ1v) is 11.4. The summed E-state index contributed by atoms with van der Waals surface area (Å²) >= 11 is 6.47. The van der Waals surface area contributed by atoms with Crippen molar-refractivity contribution in [1.29, 1.82) is 0 Å². The number of thiocarbonyl (C=S) groups is 1. The van der Waals surface area contributed by atoms with E-state index in [1.165, 1.54) is 11.0 Å². The number of rotatable bonds is 7. The fraction of sp³-hybridized carbons (Fsp3) is 0.167. The lowest BCUT2D eigenvalue weighted by Crippen LogP contribution is -2.30. The zero-order valence-electron chi connectivity index (χ0n) is 17.7. The van der Waals surface area contributed by atoms with Gasteiger partial charge < -0.3 is 9.90 Å². The van der Waals surface area contributed by atoms with Crippen molar-refractivity contribution in [3.05, 3.63) is 76.6 Å². The van der Waals surface area contributed by atoms with Gasteiger partial charge in [-0.05, 0) is 49.6 Å². The van der Waals surface area contributed by atoms with Crippen LogP contribution in [0, 0.1) is 12.7 Å². The molecule has 0 saturated carbocycles. The lowest BCUT2D eigenvalue weighted by Gasteiger charge is -2.14. The Morgan fingerprint density at radius 3 is 2.70 bits per heavy atom. The van der Waals surface area contributed by atoms with Crippen molar-refractivity contribution in [3.8, 4) is 16.9 Å². The number of aromatic nitrogens is 2. The van der Waals surface area contributed by atoms with Crippen molar-refractivity contribution in [2.24, 2.45) is 0 Å². The van der Waals surface area contributed by atoms with E-state index in [0.29, 0.717) is 31.6 Å². The zero-order chi connectivity index (χ0) is 23.5. The highest BCUT2D eigenvalue weighted by atomic mass is 32.2. The molecule has 0 radical (unpaired) electrons. The summed E-state index contributed by atoms with van der Waals surface area (Å²) in [6.07, 6.45) is 3.58. The number of para-hydroxylation sites is 1. The number of hydrogen-bond donors (Lipinski definition) is 0. The standard InChI is InChI=1S/C24H20FN3O3S2/c1-15-9-10-16(12-19(15)25)22-17(14-28(26-22)18-6-3-2-4-7-18)13-20-23(31)27(24(32)33-20)11-5-8-21(29)30/h2-4,6-7,9-10,12-14H,5,8,11H2,1H3,(H,29,30)/p-1/b20-13-. The van der Waals surface area contributed by atoms with Gasteiger partial charge >= 0.3 is 0 Å². The fourth-order valence-electron chi connectivity index (χ4n) is 3.39. The van der Waals surface area contributed by atoms with E-state index in [-0.39, 0.29) is 31.1 Å². The van der Waals surface area contributed by atoms with Crippen molar-refractivity contribution in [3.63, 3.8) is 0 Å². The van der Waals surface area contributed by atoms with E-state index in [1.54, 1.807) is 36.0 Å². The van der Waals surface area contributed by atoms with Crippen LogP contribution in [0.2, 0.25) is 0 Å². The van der Waals surface area contributed by atoms with Gasteiger partial charge in [0.15, 0.2) is 0 Å². The molecule has 33 heavy (non-hydrogen) atoms. The van der Waals surface area contributed by atoms with Crippen LogP contribution < -0.4 is 5.11 Å². The van der Waals surface area contributed by atoms with Gasteiger partial charge in [0.25, 0.3) is 5.91 Å². The van der Waals surface area contributed by atoms with Crippen molar-refractivity contribution >= 4 is 46.3 Å². The molecule has 4 rings (SSSR count). The van der Waals surface area contributed by atoms with E-state index in [9.17, 15) is 19.1 Å². The second-order valence-corrected chi connectivity index (χ2v) is 9.16. The van der Waals surface area contributed by atoms with Crippen LogP contribution in [-0.4, -0.2) is 37.4 Å². The highest BCUT2D eigenvalue weighted by Gasteiger charge is 2.32. The number of aliphatic carboxylic acids is 1. The van der Waals surface area contributed by atoms with E-state index < -0.39 is 5.97 Å². The minimum Gasteiger partial charge on any atom is -0.550 e. The van der Waals surface area contributed by atoms with Crippen LogP contribution in [0.3, 0.4) is 0 Å². The number of carboxylic acid groups (broad SMARTS) is 1. The normalized spacial score (nSPS) is 15.0. The number of carboxylic acids is 1. The van der Waals surface area contributed by atoms with E-state index in [4.69, 9.17) is 12.2 Å². The number of halogens is 1. The monoisotopic (exact) mass is 480 g/mol. The molecule has 0 atom stereocenters. The van der Waals surface area contributed by atoms with Gasteiger partial charge in [-0.2, -0.15) is 5.10 Å². The summed E-state index contributed by atoms with van der Waals surface area (Å²) in [5.74, 6) is -1.80. The van der Waals surface area contributed by atoms with E-state index in [1.807, 2.05) is 30.3 Å². The molecule has 1 amide bonds. The lowest BCUT2D eigenvalue weighted by atomic mass is 10.1. The largest absolute Gasteiger partial charge is 0.550 e. The first-order valence-electron chi connectivity index (χ1n) is 10.2. The second kappa shape index (κ2) is 9.68. The second-order valence-electron chi connectivity index (χ2n) is 7.49. The molecule has 0 bridgehead atoms. The Labute approximate surface area is 199 Å². The highest BCUT2D eigenvalue weighted by molar-refractivity contribution is 8.26. The smallest absolute Gasteiger partial charge is 0.266 e. The van der Waals surface area contributed by atoms with E-state index in [0.717, 1.165) is 17.4 Å². The first kappa shape index (κ1) is 22.9. The Bertz CT molecular complexity index is 1270. The number of carbonyl (C=O) groups excluding carboxylic acids is 2. The number of hydrogen-bond acceptors (Lipinski definition) is 6. The van der Waals surface area contributed by atoms with Crippen LogP contribution in [0.5, 0.6) is 0 Å². The molecular weight excluding hydrogens is 461 g/mol. The van der Waals surface area contributed by atoms with Crippen LogP contribution in [0.15, 0.2) is 59.6 Å². The Hall–Kier alpha value is -3.30. The molecule has 2 aromatic carbocycles. The third-order valence-electron chi connectivity index (χ3n) is 5.13. The molecule has 1 saturated heterocycles. The van der Waals surface area contributed by atoms with Gasteiger partial charge in [0.2, 0.25) is 0 Å². The van der Waals surface area contributed by atoms with Crippen molar-refractivity contribution in [2.75, 3.05) is 6.54 Å². The van der Waals surface area contributed by atoms with Gasteiger partial charge in [-0.25, -0.2) is 9.07 Å². The molecule has 9 heteroatoms. The molecule has 0 N–H and O–H groups in total. The molecule has 168 valence electrons. The number of amides is 1. The summed E-state index contributed by atoms with van der Waals surface area (Å²) in [6, 6.07) is 14.4. The van der Waals surface area contributed by atoms with Crippen molar-refractivity contribution in [2.45, 2.75) is 19.8 Å². The lowest BCUT2D eigenvalue weighted by molar-refractivity contribution is -0.305. The Kier molecular flexibility index (Phi) is 6.71. The fourth-order valence-corrected chi connectivity index (χ4v) is 4.69. The summed E-state index contributed by atoms with van der Waals surface area (Å²) in [7, 11) is 0. The number of thioether (sulfide) groups is 1. The first-order chi connectivity index (χ1) is 15.8. The maximum Gasteiger partial charge on any atom is 0.266 e. The molecule has 1 aliphatic heterocycles. The Balaban J connectivity index is 1.72. The zero-order valence-corrected chi connectivity index (χ0v) is 19.3. The predicted octanol–water partition coefficient (Wildman–Crippen LogP) is 3.72. The average Bonchev–Trinajstić information content (AvgIpc) is 3.32. The van der Waals surface area contributed by atoms with Crippen LogP contribution in [-0.2, 0) is 9.59 Å². The number of carbonyl (C=O) groups is 2. The topological polar surface area (TPSA) is 78.3 Å². The summed E-state index contributed by atoms with van der Waals surface area (Å²) in [5.41, 5.74) is 3.10. The van der Waals surface area contributed by atoms with Crippen LogP contribution >= 0.6 is 24.0 Å². The van der Waals surface area contributed by atoms with Crippen LogP contribution in [0.25, 0.3) is 23.0 Å². The number of nitrogens with zero attached hydrogens (tertiary/aromatic N) is 3. The van der Waals surface area contributed by atoms with Crippen LogP contribution in [0.1, 0.15) is 24.0 Å². The number of aryl methyl sites for hydroxylation is 1. The maximum absolute atomic E-state index is 14.3. The predicted molar refractivity (Wildman–Crippen MR) is 128 cm³/mol. The third-order valence-corrected chi connectivity index (χ3v) is 6.51. The van der Waals surface area contributed by atoms with Gasteiger partial charge in [0, 0.05) is 29.8 Å². The minimum atomic E-state index is -1.17. The summed E-state index contributed by atoms with van der Waals surface area (Å²) in [4.78, 5) is 25.4. The quantitative estimate of drug-likeness (QED) is 0.379. The van der Waals surface area contributed by atoms with Gasteiger partial charge in [-0.1, -0.05) is 54.3 Å². The molecule has 2 heterocycles. The Morgan fingerprint density at radius 2 is 2.00 bits per heavy atom. The molecule has 6 nitrogen and oxygen atoms in total. The third kappa shape index (κ3) is 5.04. The molecule has 1 aliphatic rings. The van der Waals surface area contributed by atoms with Crippen molar-refractivity contribution in [1.82, 2.24) is 14.7 Å². The Morgan fingerprint density at radius 1 is 1.24 bits per heavy atom. The van der Waals surface area contributed by atoms with Gasteiger partial charge in [-0.15, -0.1) is 0 Å². The molecule has 1 aromatic heterocycles. The van der Waals surface area contributed by atoms with Crippen LogP contribution in [0.4, 0.5) is 4.39 Å². The molecule has 0 aliphatic carbocycles. The molecule has 0 spiro atoms. The SMILES string of the molecule is Cc1ccc(-c2nn(-c3ccccc3)cc2/C=C2\SC(=S)N(CCCC(=O)[O-])C2=O)cc1F. The summed E-state index contributed by atoms with van der Waals surface area (Å²) < 4.78 is 16.3. The molecule has 3 aromatic rings. The van der Waals surface area contributed by atoms with Gasteiger partial charge in [0.1, 0.15) is 15.8 Å². The van der Waals surface area contributed by atoms with Crippen molar-refractivity contribution < 1.29 is 19.1 Å². The summed E-state index contributed by atoms with van der Waals surface area (Å²) in [6.45, 7) is 1.89. The average molecular weight is 481 g/mol. The van der Waals surface area contributed by atoms with Gasteiger partial charge in [-0.3, -0.25) is 9.69 Å². The molecule has 0 unspecified atom stereocenters. The minimum absolute atomic E-state index is 0.150. The molecular formula is C24H19FN3O3S2-. The maximum atomic E-state index is 14.3.